The molecular weight excluding hydrogens is 306 g/mol. The number of rotatable bonds is 2. The Labute approximate surface area is 140 Å². The summed E-state index contributed by atoms with van der Waals surface area (Å²) in [6.45, 7) is 9.76. The summed E-state index contributed by atoms with van der Waals surface area (Å²) < 4.78 is 0. The summed E-state index contributed by atoms with van der Waals surface area (Å²) in [7, 11) is 0. The van der Waals surface area contributed by atoms with Crippen molar-refractivity contribution in [1.29, 1.82) is 0 Å². The number of fused-ring (bicyclic) bond motifs is 1. The molecule has 1 saturated heterocycles. The van der Waals surface area contributed by atoms with Gasteiger partial charge in [0.25, 0.3) is 11.8 Å². The summed E-state index contributed by atoms with van der Waals surface area (Å²) in [5.74, 6) is -1.18. The molecule has 6 nitrogen and oxygen atoms in total. The number of amides is 3. The number of hydrogen-bond acceptors (Lipinski definition) is 4. The first kappa shape index (κ1) is 16.2. The molecule has 6 heteroatoms. The quantitative estimate of drug-likeness (QED) is 0.817. The van der Waals surface area contributed by atoms with E-state index in [-0.39, 0.29) is 11.4 Å². The van der Waals surface area contributed by atoms with Gasteiger partial charge in [0.05, 0.1) is 11.1 Å². The third-order valence-electron chi connectivity index (χ3n) is 4.07. The minimum absolute atomic E-state index is 0.163. The number of imide groups is 1. The molecule has 1 fully saturated rings. The fourth-order valence-electron chi connectivity index (χ4n) is 3.06. The maximum absolute atomic E-state index is 12.7. The molecule has 0 spiro atoms. The van der Waals surface area contributed by atoms with Crippen LogP contribution < -0.4 is 10.6 Å². The van der Waals surface area contributed by atoms with Crippen LogP contribution in [0.5, 0.6) is 0 Å². The number of benzene rings is 1. The normalized spacial score (nSPS) is 21.0. The first-order chi connectivity index (χ1) is 11.2. The van der Waals surface area contributed by atoms with Crippen molar-refractivity contribution in [1.82, 2.24) is 10.2 Å². The van der Waals surface area contributed by atoms with Crippen LogP contribution in [0.4, 0.5) is 5.69 Å². The number of carbonyl (C=O) groups excluding carboxylic acids is 3. The lowest BCUT2D eigenvalue weighted by Crippen LogP contribution is -2.51. The van der Waals surface area contributed by atoms with Crippen LogP contribution in [0.1, 0.15) is 54.3 Å². The van der Waals surface area contributed by atoms with Gasteiger partial charge in [-0.25, -0.2) is 0 Å². The van der Waals surface area contributed by atoms with Crippen molar-refractivity contribution >= 4 is 23.4 Å². The van der Waals surface area contributed by atoms with E-state index in [1.165, 1.54) is 0 Å². The largest absolute Gasteiger partial charge is 0.380 e. The molecule has 0 saturated carbocycles. The van der Waals surface area contributed by atoms with Gasteiger partial charge in [-0.15, -0.1) is 0 Å². The highest BCUT2D eigenvalue weighted by Gasteiger charge is 2.44. The average Bonchev–Trinajstić information content (AvgIpc) is 2.70. The second kappa shape index (κ2) is 5.47. The fraction of sp³-hybridized carbons (Fsp3) is 0.389. The lowest BCUT2D eigenvalue weighted by Gasteiger charge is -2.29. The minimum Gasteiger partial charge on any atom is -0.380 e. The summed E-state index contributed by atoms with van der Waals surface area (Å²) in [6.07, 6.45) is 0.962. The molecular formula is C18H21N3O3. The average molecular weight is 327 g/mol. The van der Waals surface area contributed by atoms with Crippen LogP contribution in [0.15, 0.2) is 30.5 Å². The third kappa shape index (κ3) is 2.79. The van der Waals surface area contributed by atoms with Crippen LogP contribution in [-0.4, -0.2) is 34.2 Å². The van der Waals surface area contributed by atoms with E-state index < -0.39 is 17.9 Å². The fourth-order valence-corrected chi connectivity index (χ4v) is 3.06. The predicted molar refractivity (Wildman–Crippen MR) is 90.6 cm³/mol. The molecule has 1 unspecified atom stereocenters. The Bertz CT molecular complexity index is 761. The van der Waals surface area contributed by atoms with Crippen molar-refractivity contribution in [2.24, 2.45) is 0 Å². The van der Waals surface area contributed by atoms with Gasteiger partial charge < -0.3 is 10.6 Å². The SMILES string of the molecule is C=C1CCC(N2C(=O)c3ccc(NC(C)(C)C)cc3C2=O)C(=O)N1. The van der Waals surface area contributed by atoms with E-state index in [1.807, 2.05) is 20.8 Å². The Hall–Kier alpha value is -2.63. The standard InChI is InChI=1S/C18H21N3O3/c1-10-5-8-14(15(22)19-10)21-16(23)12-7-6-11(20-18(2,3)4)9-13(12)17(21)24/h6-7,9,14,20H,1,5,8H2,2-4H3,(H,19,22). The highest BCUT2D eigenvalue weighted by atomic mass is 16.2. The number of carbonyl (C=O) groups is 3. The number of anilines is 1. The van der Waals surface area contributed by atoms with E-state index in [2.05, 4.69) is 17.2 Å². The van der Waals surface area contributed by atoms with E-state index in [0.717, 1.165) is 10.6 Å². The van der Waals surface area contributed by atoms with Gasteiger partial charge in [-0.2, -0.15) is 0 Å². The molecule has 2 heterocycles. The molecule has 2 aliphatic rings. The zero-order valence-corrected chi connectivity index (χ0v) is 14.1. The van der Waals surface area contributed by atoms with Crippen LogP contribution in [0, 0.1) is 0 Å². The van der Waals surface area contributed by atoms with E-state index >= 15 is 0 Å². The van der Waals surface area contributed by atoms with Gasteiger partial charge in [-0.05, 0) is 51.8 Å². The molecule has 1 atom stereocenters. The first-order valence-electron chi connectivity index (χ1n) is 7.96. The summed E-state index contributed by atoms with van der Waals surface area (Å²) in [5, 5.41) is 5.91. The van der Waals surface area contributed by atoms with Crippen LogP contribution in [0.2, 0.25) is 0 Å². The van der Waals surface area contributed by atoms with Gasteiger partial charge >= 0.3 is 0 Å². The highest BCUT2D eigenvalue weighted by Crippen LogP contribution is 2.30. The van der Waals surface area contributed by atoms with Crippen molar-refractivity contribution in [3.8, 4) is 0 Å². The van der Waals surface area contributed by atoms with Gasteiger partial charge in [0, 0.05) is 16.9 Å². The number of hydrogen-bond donors (Lipinski definition) is 2. The minimum atomic E-state index is -0.776. The van der Waals surface area contributed by atoms with Gasteiger partial charge in [0.2, 0.25) is 5.91 Å². The van der Waals surface area contributed by atoms with Crippen molar-refractivity contribution in [3.05, 3.63) is 41.6 Å². The van der Waals surface area contributed by atoms with Crippen LogP contribution in [0.3, 0.4) is 0 Å². The molecule has 0 radical (unpaired) electrons. The summed E-state index contributed by atoms with van der Waals surface area (Å²) >= 11 is 0. The summed E-state index contributed by atoms with van der Waals surface area (Å²) in [5.41, 5.74) is 1.90. The highest BCUT2D eigenvalue weighted by molar-refractivity contribution is 6.23. The van der Waals surface area contributed by atoms with Gasteiger partial charge in [0.1, 0.15) is 6.04 Å². The molecule has 2 N–H and O–H groups in total. The van der Waals surface area contributed by atoms with Gasteiger partial charge in [-0.1, -0.05) is 6.58 Å². The van der Waals surface area contributed by atoms with Gasteiger partial charge in [-0.3, -0.25) is 19.3 Å². The van der Waals surface area contributed by atoms with Crippen LogP contribution >= 0.6 is 0 Å². The van der Waals surface area contributed by atoms with E-state index in [9.17, 15) is 14.4 Å². The molecule has 126 valence electrons. The number of nitrogens with one attached hydrogen (secondary N) is 2. The Morgan fingerprint density at radius 3 is 2.46 bits per heavy atom. The zero-order chi connectivity index (χ0) is 17.6. The molecule has 0 aromatic heterocycles. The Balaban J connectivity index is 1.91. The van der Waals surface area contributed by atoms with Crippen LogP contribution in [0.25, 0.3) is 0 Å². The summed E-state index contributed by atoms with van der Waals surface area (Å²) in [6, 6.07) is 4.33. The van der Waals surface area contributed by atoms with E-state index in [1.54, 1.807) is 18.2 Å². The van der Waals surface area contributed by atoms with Crippen molar-refractivity contribution in [2.75, 3.05) is 5.32 Å². The molecule has 24 heavy (non-hydrogen) atoms. The lowest BCUT2D eigenvalue weighted by molar-refractivity contribution is -0.125. The smallest absolute Gasteiger partial charge is 0.262 e. The van der Waals surface area contributed by atoms with E-state index in [4.69, 9.17) is 0 Å². The van der Waals surface area contributed by atoms with Crippen LogP contribution in [-0.2, 0) is 4.79 Å². The Morgan fingerprint density at radius 2 is 1.83 bits per heavy atom. The monoisotopic (exact) mass is 327 g/mol. The maximum Gasteiger partial charge on any atom is 0.262 e. The second-order valence-corrected chi connectivity index (χ2v) is 7.26. The molecule has 2 aliphatic heterocycles. The zero-order valence-electron chi connectivity index (χ0n) is 14.1. The number of nitrogens with zero attached hydrogens (tertiary/aromatic N) is 1. The van der Waals surface area contributed by atoms with Crippen molar-refractivity contribution < 1.29 is 14.4 Å². The molecule has 3 amide bonds. The maximum atomic E-state index is 12.7. The molecule has 0 bridgehead atoms. The number of piperidine rings is 1. The summed E-state index contributed by atoms with van der Waals surface area (Å²) in [4.78, 5) is 38.6. The number of allylic oxidation sites excluding steroid dienone is 1. The van der Waals surface area contributed by atoms with Gasteiger partial charge in [0.15, 0.2) is 0 Å². The topological polar surface area (TPSA) is 78.5 Å². The third-order valence-corrected chi connectivity index (χ3v) is 4.07. The molecule has 0 aliphatic carbocycles. The first-order valence-corrected chi connectivity index (χ1v) is 7.96. The lowest BCUT2D eigenvalue weighted by atomic mass is 10.0. The second-order valence-electron chi connectivity index (χ2n) is 7.26. The van der Waals surface area contributed by atoms with Crippen molar-refractivity contribution in [3.63, 3.8) is 0 Å². The Morgan fingerprint density at radius 1 is 1.17 bits per heavy atom. The predicted octanol–water partition coefficient (Wildman–Crippen LogP) is 2.29. The van der Waals surface area contributed by atoms with Crippen molar-refractivity contribution in [2.45, 2.75) is 45.2 Å². The van der Waals surface area contributed by atoms with E-state index in [0.29, 0.717) is 29.7 Å². The molecule has 1 aromatic carbocycles. The molecule has 1 aromatic rings. The molecule has 3 rings (SSSR count). The Kier molecular flexibility index (Phi) is 3.70.